The van der Waals surface area contributed by atoms with Gasteiger partial charge in [-0.1, -0.05) is 54.4 Å². The second-order valence-electron chi connectivity index (χ2n) is 7.28. The van der Waals surface area contributed by atoms with Crippen LogP contribution < -0.4 is 0 Å². The summed E-state index contributed by atoms with van der Waals surface area (Å²) in [5.41, 5.74) is 0.196. The molecule has 0 amide bonds. The molecule has 0 aliphatic carbocycles. The summed E-state index contributed by atoms with van der Waals surface area (Å²) in [6.45, 7) is 14.2. The van der Waals surface area contributed by atoms with Gasteiger partial charge in [-0.2, -0.15) is 0 Å². The molecule has 0 aromatic carbocycles. The minimum absolute atomic E-state index is 0.0272. The van der Waals surface area contributed by atoms with Gasteiger partial charge in [-0.25, -0.2) is 0 Å². The van der Waals surface area contributed by atoms with E-state index in [-0.39, 0.29) is 17.3 Å². The molecule has 0 spiro atoms. The first-order valence-corrected chi connectivity index (χ1v) is 7.67. The third-order valence-corrected chi connectivity index (χ3v) is 3.21. The molecule has 120 valence electrons. The van der Waals surface area contributed by atoms with Crippen molar-refractivity contribution in [3.05, 3.63) is 0 Å². The fourth-order valence-electron chi connectivity index (χ4n) is 2.61. The Labute approximate surface area is 125 Å². The molecule has 0 heterocycles. The highest BCUT2D eigenvalue weighted by molar-refractivity contribution is 5.76. The summed E-state index contributed by atoms with van der Waals surface area (Å²) in [6.07, 6.45) is 5.36. The minimum atomic E-state index is -0.696. The topological polar surface area (TPSA) is 54.4 Å². The molecular weight excluding hydrogens is 252 g/mol. The van der Waals surface area contributed by atoms with E-state index in [1.807, 2.05) is 13.8 Å². The minimum Gasteiger partial charge on any atom is -0.481 e. The molecule has 0 saturated heterocycles. The predicted molar refractivity (Wildman–Crippen MR) is 84.9 cm³/mol. The lowest BCUT2D eigenvalue weighted by atomic mass is 9.83. The highest BCUT2D eigenvalue weighted by atomic mass is 16.4. The van der Waals surface area contributed by atoms with Gasteiger partial charge in [-0.05, 0) is 30.6 Å². The van der Waals surface area contributed by atoms with Crippen LogP contribution in [0.15, 0.2) is 0 Å². The van der Waals surface area contributed by atoms with E-state index in [4.69, 9.17) is 5.11 Å². The summed E-state index contributed by atoms with van der Waals surface area (Å²) in [6, 6.07) is 0. The van der Waals surface area contributed by atoms with Gasteiger partial charge in [-0.15, -0.1) is 0 Å². The number of carboxylic acid groups (broad SMARTS) is 1. The molecule has 0 saturated carbocycles. The van der Waals surface area contributed by atoms with Crippen LogP contribution in [0.2, 0.25) is 0 Å². The zero-order valence-corrected chi connectivity index (χ0v) is 14.5. The van der Waals surface area contributed by atoms with Crippen molar-refractivity contribution in [1.29, 1.82) is 0 Å². The van der Waals surface area contributed by atoms with Gasteiger partial charge in [0.15, 0.2) is 0 Å². The second-order valence-corrected chi connectivity index (χ2v) is 7.28. The maximum absolute atomic E-state index is 10.7. The molecule has 3 nitrogen and oxygen atoms in total. The number of rotatable bonds is 8. The van der Waals surface area contributed by atoms with Gasteiger partial charge in [-0.3, -0.25) is 4.79 Å². The third kappa shape index (κ3) is 15.2. The number of carbonyl (C=O) groups excluding carboxylic acids is 1. The smallest absolute Gasteiger partial charge is 0.303 e. The van der Waals surface area contributed by atoms with Crippen molar-refractivity contribution < 1.29 is 14.7 Å². The van der Waals surface area contributed by atoms with E-state index in [1.54, 1.807) is 6.92 Å². The van der Waals surface area contributed by atoms with Crippen LogP contribution in [0, 0.1) is 10.8 Å². The first-order chi connectivity index (χ1) is 8.95. The number of hydrogen-bond acceptors (Lipinski definition) is 2. The highest BCUT2D eigenvalue weighted by Gasteiger charge is 2.20. The van der Waals surface area contributed by atoms with E-state index in [9.17, 15) is 9.59 Å². The summed E-state index contributed by atoms with van der Waals surface area (Å²) in [5.74, 6) is -0.392. The number of ketones is 1. The van der Waals surface area contributed by atoms with Crippen LogP contribution in [-0.2, 0) is 9.59 Å². The van der Waals surface area contributed by atoms with Crippen molar-refractivity contribution in [2.75, 3.05) is 0 Å². The van der Waals surface area contributed by atoms with Gasteiger partial charge in [0.25, 0.3) is 0 Å². The van der Waals surface area contributed by atoms with Crippen molar-refractivity contribution >= 4 is 11.8 Å². The number of carboxylic acids is 1. The van der Waals surface area contributed by atoms with Crippen LogP contribution >= 0.6 is 0 Å². The summed E-state index contributed by atoms with van der Waals surface area (Å²) in [7, 11) is 0. The maximum Gasteiger partial charge on any atom is 0.303 e. The zero-order valence-electron chi connectivity index (χ0n) is 14.5. The van der Waals surface area contributed by atoms with Crippen LogP contribution in [0.1, 0.15) is 87.0 Å². The van der Waals surface area contributed by atoms with Gasteiger partial charge in [0, 0.05) is 6.42 Å². The van der Waals surface area contributed by atoms with Crippen LogP contribution in [0.3, 0.4) is 0 Å². The Morgan fingerprint density at radius 3 is 1.45 bits per heavy atom. The van der Waals surface area contributed by atoms with Crippen molar-refractivity contribution in [3.63, 3.8) is 0 Å². The van der Waals surface area contributed by atoms with Gasteiger partial charge < -0.3 is 9.90 Å². The second kappa shape index (κ2) is 9.95. The third-order valence-electron chi connectivity index (χ3n) is 3.21. The summed E-state index contributed by atoms with van der Waals surface area (Å²) < 4.78 is 0. The summed E-state index contributed by atoms with van der Waals surface area (Å²) in [4.78, 5) is 21.0. The quantitative estimate of drug-likeness (QED) is 0.677. The van der Waals surface area contributed by atoms with E-state index in [2.05, 4.69) is 27.7 Å². The molecule has 0 aliphatic heterocycles. The molecule has 0 radical (unpaired) electrons. The van der Waals surface area contributed by atoms with Gasteiger partial charge in [0.05, 0.1) is 6.42 Å². The molecule has 20 heavy (non-hydrogen) atoms. The predicted octanol–water partition coefficient (Wildman–Crippen LogP) is 5.08. The Kier molecular flexibility index (Phi) is 10.7. The van der Waals surface area contributed by atoms with E-state index in [1.165, 1.54) is 6.42 Å². The van der Waals surface area contributed by atoms with Crippen molar-refractivity contribution in [2.45, 2.75) is 87.0 Å². The van der Waals surface area contributed by atoms with Crippen molar-refractivity contribution in [2.24, 2.45) is 10.8 Å². The molecular formula is C17H34O3. The lowest BCUT2D eigenvalue weighted by Crippen LogP contribution is -2.16. The van der Waals surface area contributed by atoms with Crippen molar-refractivity contribution in [1.82, 2.24) is 0 Å². The Hall–Kier alpha value is -0.860. The van der Waals surface area contributed by atoms with Crippen LogP contribution in [0.25, 0.3) is 0 Å². The molecule has 0 aromatic rings. The van der Waals surface area contributed by atoms with Gasteiger partial charge in [0.1, 0.15) is 5.78 Å². The van der Waals surface area contributed by atoms with E-state index in [0.717, 1.165) is 25.7 Å². The first kappa shape index (κ1) is 21.4. The molecule has 0 aliphatic rings. The Bertz CT molecular complexity index is 261. The lowest BCUT2D eigenvalue weighted by Gasteiger charge is -2.21. The molecule has 1 N–H and O–H groups in total. The van der Waals surface area contributed by atoms with E-state index < -0.39 is 5.97 Å². The Morgan fingerprint density at radius 2 is 1.20 bits per heavy atom. The summed E-state index contributed by atoms with van der Waals surface area (Å²) in [5, 5.41) is 8.48. The van der Waals surface area contributed by atoms with E-state index >= 15 is 0 Å². The fourth-order valence-corrected chi connectivity index (χ4v) is 2.61. The van der Waals surface area contributed by atoms with E-state index in [0.29, 0.717) is 5.78 Å². The molecule has 0 fully saturated rings. The first-order valence-electron chi connectivity index (χ1n) is 7.67. The monoisotopic (exact) mass is 286 g/mol. The summed E-state index contributed by atoms with van der Waals surface area (Å²) >= 11 is 0. The number of Topliss-reactive ketones (excluding diaryl/α,β-unsaturated/α-hetero) is 1. The highest BCUT2D eigenvalue weighted by Crippen LogP contribution is 2.26. The van der Waals surface area contributed by atoms with Crippen LogP contribution in [0.5, 0.6) is 0 Å². The zero-order chi connectivity index (χ0) is 16.4. The SMILES string of the molecule is CCCC(C)(C)CC(=O)O.CCCC(C)(C)CC(C)=O. The lowest BCUT2D eigenvalue weighted by molar-refractivity contribution is -0.139. The fraction of sp³-hybridized carbons (Fsp3) is 0.882. The van der Waals surface area contributed by atoms with Gasteiger partial charge in [0.2, 0.25) is 0 Å². The molecule has 3 heteroatoms. The largest absolute Gasteiger partial charge is 0.481 e. The van der Waals surface area contributed by atoms with Crippen molar-refractivity contribution in [3.8, 4) is 0 Å². The number of carbonyl (C=O) groups is 2. The average molecular weight is 286 g/mol. The van der Waals surface area contributed by atoms with Crippen LogP contribution in [0.4, 0.5) is 0 Å². The molecule has 0 bridgehead atoms. The number of aliphatic carboxylic acids is 1. The molecule has 0 rings (SSSR count). The Morgan fingerprint density at radius 1 is 0.850 bits per heavy atom. The molecule has 0 atom stereocenters. The molecule has 0 aromatic heterocycles. The standard InChI is InChI=1S/C9H18O.C8H16O2/c1-5-6-9(3,4)7-8(2)10;1-4-5-8(2,3)6-7(9)10/h5-7H2,1-4H3;4-6H2,1-3H3,(H,9,10). The molecule has 0 unspecified atom stereocenters. The number of hydrogen-bond donors (Lipinski definition) is 1. The average Bonchev–Trinajstić information content (AvgIpc) is 2.12. The normalized spacial score (nSPS) is 11.6. The van der Waals surface area contributed by atoms with Gasteiger partial charge >= 0.3 is 5.97 Å². The van der Waals surface area contributed by atoms with Crippen LogP contribution in [-0.4, -0.2) is 16.9 Å². The maximum atomic E-state index is 10.7. The Balaban J connectivity index is 0.